The fraction of sp³-hybridized carbons (Fsp3) is 0.435. The van der Waals surface area contributed by atoms with Crippen molar-refractivity contribution >= 4 is 49.1 Å². The van der Waals surface area contributed by atoms with Gasteiger partial charge in [0.1, 0.15) is 23.3 Å². The van der Waals surface area contributed by atoms with Crippen LogP contribution >= 0.6 is 22.9 Å². The molecule has 0 unspecified atom stereocenters. The minimum atomic E-state index is -3.87. The van der Waals surface area contributed by atoms with Gasteiger partial charge in [0, 0.05) is 16.4 Å². The molecule has 5 rings (SSSR count). The van der Waals surface area contributed by atoms with Crippen LogP contribution in [0.25, 0.3) is 10.2 Å². The lowest BCUT2D eigenvalue weighted by Gasteiger charge is -2.22. The number of H-pyrrole nitrogens is 1. The number of benzene rings is 1. The molecule has 0 bridgehead atoms. The molecule has 34 heavy (non-hydrogen) atoms. The number of rotatable bonds is 5. The van der Waals surface area contributed by atoms with Gasteiger partial charge in [-0.25, -0.2) is 13.4 Å². The Kier molecular flexibility index (Phi) is 6.26. The quantitative estimate of drug-likeness (QED) is 0.513. The van der Waals surface area contributed by atoms with E-state index in [1.165, 1.54) is 44.8 Å². The van der Waals surface area contributed by atoms with E-state index in [4.69, 9.17) is 16.3 Å². The standard InChI is InChI=1S/C23H24ClN3O5S2/c1-13-4-9-16-18(11-13)33-22-20(16)21(28)25-19(26-22)12-32-23(29)17-3-2-10-27(17)34(30,31)15-7-5-14(24)6-8-15/h5-8,13,17H,2-4,9-12H2,1H3,(H,25,26,28)/t13-,17-/m0/s1. The Hall–Kier alpha value is -2.27. The molecule has 2 atom stereocenters. The van der Waals surface area contributed by atoms with E-state index in [2.05, 4.69) is 16.9 Å². The van der Waals surface area contributed by atoms with Crippen LogP contribution in [0.1, 0.15) is 42.5 Å². The molecule has 3 heterocycles. The number of sulfonamides is 1. The lowest BCUT2D eigenvalue weighted by atomic mass is 9.89. The molecular weight excluding hydrogens is 498 g/mol. The van der Waals surface area contributed by atoms with Gasteiger partial charge in [0.25, 0.3) is 5.56 Å². The predicted molar refractivity (Wildman–Crippen MR) is 130 cm³/mol. The number of aromatic nitrogens is 2. The molecule has 8 nitrogen and oxygen atoms in total. The Bertz CT molecular complexity index is 1410. The maximum Gasteiger partial charge on any atom is 0.324 e. The lowest BCUT2D eigenvalue weighted by molar-refractivity contribution is -0.149. The second-order valence-corrected chi connectivity index (χ2v) is 12.3. The molecule has 180 valence electrons. The van der Waals surface area contributed by atoms with Crippen molar-refractivity contribution < 1.29 is 17.9 Å². The van der Waals surface area contributed by atoms with E-state index in [0.29, 0.717) is 34.0 Å². The summed E-state index contributed by atoms with van der Waals surface area (Å²) in [6, 6.07) is 4.91. The lowest BCUT2D eigenvalue weighted by Crippen LogP contribution is -2.41. The average Bonchev–Trinajstić information content (AvgIpc) is 3.43. The highest BCUT2D eigenvalue weighted by Crippen LogP contribution is 2.35. The highest BCUT2D eigenvalue weighted by atomic mass is 35.5. The van der Waals surface area contributed by atoms with Crippen molar-refractivity contribution in [3.8, 4) is 0 Å². The van der Waals surface area contributed by atoms with Crippen LogP contribution in [-0.2, 0) is 39.0 Å². The number of thiophene rings is 1. The first-order valence-electron chi connectivity index (χ1n) is 11.2. The fourth-order valence-corrected chi connectivity index (χ4v) is 7.88. The Balaban J connectivity index is 1.32. The van der Waals surface area contributed by atoms with Crippen LogP contribution in [0.4, 0.5) is 0 Å². The number of aromatic amines is 1. The highest BCUT2D eigenvalue weighted by molar-refractivity contribution is 7.89. The summed E-state index contributed by atoms with van der Waals surface area (Å²) < 4.78 is 32.7. The van der Waals surface area contributed by atoms with Crippen LogP contribution in [0.15, 0.2) is 34.0 Å². The smallest absolute Gasteiger partial charge is 0.324 e. The zero-order valence-electron chi connectivity index (χ0n) is 18.5. The monoisotopic (exact) mass is 521 g/mol. The first-order valence-corrected chi connectivity index (χ1v) is 13.8. The Labute approximate surface area is 206 Å². The van der Waals surface area contributed by atoms with Gasteiger partial charge in [-0.3, -0.25) is 9.59 Å². The summed E-state index contributed by atoms with van der Waals surface area (Å²) in [5, 5.41) is 1.06. The average molecular weight is 522 g/mol. The third-order valence-electron chi connectivity index (χ3n) is 6.46. The molecule has 2 aliphatic rings. The molecule has 0 radical (unpaired) electrons. The molecule has 1 aromatic carbocycles. The van der Waals surface area contributed by atoms with E-state index in [9.17, 15) is 18.0 Å². The first kappa shape index (κ1) is 23.5. The van der Waals surface area contributed by atoms with Gasteiger partial charge in [-0.2, -0.15) is 4.31 Å². The largest absolute Gasteiger partial charge is 0.456 e. The number of ether oxygens (including phenoxy) is 1. The van der Waals surface area contributed by atoms with Crippen LogP contribution in [0, 0.1) is 5.92 Å². The zero-order chi connectivity index (χ0) is 24.0. The second-order valence-electron chi connectivity index (χ2n) is 8.88. The normalized spacial score (nSPS) is 21.0. The first-order chi connectivity index (χ1) is 16.2. The van der Waals surface area contributed by atoms with Gasteiger partial charge in [0.05, 0.1) is 10.3 Å². The third-order valence-corrected chi connectivity index (χ3v) is 9.78. The molecule has 1 aliphatic heterocycles. The van der Waals surface area contributed by atoms with Gasteiger partial charge < -0.3 is 9.72 Å². The van der Waals surface area contributed by atoms with E-state index in [1.807, 2.05) is 0 Å². The molecule has 1 fully saturated rings. The molecular formula is C23H24ClN3O5S2. The van der Waals surface area contributed by atoms with Gasteiger partial charge in [-0.1, -0.05) is 18.5 Å². The SMILES string of the molecule is C[C@H]1CCc2c(sc3nc(COC(=O)[C@@H]4CCCN4S(=O)(=O)c4ccc(Cl)cc4)[nH]c(=O)c23)C1. The zero-order valence-corrected chi connectivity index (χ0v) is 20.9. The minimum absolute atomic E-state index is 0.0732. The number of hydrogen-bond donors (Lipinski definition) is 1. The van der Waals surface area contributed by atoms with Crippen molar-refractivity contribution in [2.24, 2.45) is 5.92 Å². The summed E-state index contributed by atoms with van der Waals surface area (Å²) in [5.74, 6) is 0.179. The van der Waals surface area contributed by atoms with Gasteiger partial charge in [0.2, 0.25) is 10.0 Å². The van der Waals surface area contributed by atoms with Crippen LogP contribution in [-0.4, -0.2) is 41.2 Å². The van der Waals surface area contributed by atoms with E-state index in [-0.39, 0.29) is 29.4 Å². The van der Waals surface area contributed by atoms with Gasteiger partial charge in [0.15, 0.2) is 0 Å². The van der Waals surface area contributed by atoms with Crippen LogP contribution in [0.2, 0.25) is 5.02 Å². The minimum Gasteiger partial charge on any atom is -0.456 e. The van der Waals surface area contributed by atoms with Crippen molar-refractivity contribution in [2.45, 2.75) is 56.6 Å². The van der Waals surface area contributed by atoms with Crippen LogP contribution in [0.3, 0.4) is 0 Å². The van der Waals surface area contributed by atoms with Crippen molar-refractivity contribution in [2.75, 3.05) is 6.54 Å². The number of halogens is 1. The Morgan fingerprint density at radius 3 is 2.82 bits per heavy atom. The van der Waals surface area contributed by atoms with Gasteiger partial charge in [-0.05, 0) is 67.9 Å². The number of nitrogens with one attached hydrogen (secondary N) is 1. The number of aryl methyl sites for hydroxylation is 1. The molecule has 2 aromatic heterocycles. The van der Waals surface area contributed by atoms with E-state index in [0.717, 1.165) is 24.8 Å². The van der Waals surface area contributed by atoms with Crippen molar-refractivity contribution in [1.29, 1.82) is 0 Å². The molecule has 1 saturated heterocycles. The molecule has 0 saturated carbocycles. The highest BCUT2D eigenvalue weighted by Gasteiger charge is 2.40. The van der Waals surface area contributed by atoms with Gasteiger partial charge in [-0.15, -0.1) is 11.3 Å². The molecule has 1 N–H and O–H groups in total. The molecule has 3 aromatic rings. The fourth-order valence-electron chi connectivity index (χ4n) is 4.70. The summed E-state index contributed by atoms with van der Waals surface area (Å²) in [4.78, 5) is 34.8. The second kappa shape index (κ2) is 9.07. The van der Waals surface area contributed by atoms with Crippen molar-refractivity contribution in [3.63, 3.8) is 0 Å². The van der Waals surface area contributed by atoms with E-state index in [1.54, 1.807) is 0 Å². The summed E-state index contributed by atoms with van der Waals surface area (Å²) in [7, 11) is -3.87. The molecule has 0 amide bonds. The number of fused-ring (bicyclic) bond motifs is 3. The van der Waals surface area contributed by atoms with E-state index >= 15 is 0 Å². The molecule has 0 spiro atoms. The summed E-state index contributed by atoms with van der Waals surface area (Å²) in [6.45, 7) is 2.20. The predicted octanol–water partition coefficient (Wildman–Crippen LogP) is 3.66. The topological polar surface area (TPSA) is 109 Å². The Morgan fingerprint density at radius 1 is 1.29 bits per heavy atom. The number of carbonyl (C=O) groups is 1. The number of nitrogens with zero attached hydrogens (tertiary/aromatic N) is 2. The number of carbonyl (C=O) groups excluding carboxylic acids is 1. The third kappa shape index (κ3) is 4.28. The maximum atomic E-state index is 13.1. The summed E-state index contributed by atoms with van der Waals surface area (Å²) >= 11 is 7.40. The molecule has 11 heteroatoms. The Morgan fingerprint density at radius 2 is 2.06 bits per heavy atom. The van der Waals surface area contributed by atoms with Crippen molar-refractivity contribution in [3.05, 3.63) is 55.9 Å². The summed E-state index contributed by atoms with van der Waals surface area (Å²) in [6.07, 6.45) is 3.78. The number of hydrogen-bond acceptors (Lipinski definition) is 7. The summed E-state index contributed by atoms with van der Waals surface area (Å²) in [5.41, 5.74) is 0.861. The number of esters is 1. The van der Waals surface area contributed by atoms with Crippen LogP contribution < -0.4 is 5.56 Å². The van der Waals surface area contributed by atoms with E-state index < -0.39 is 22.0 Å². The van der Waals surface area contributed by atoms with Crippen LogP contribution in [0.5, 0.6) is 0 Å². The molecule has 1 aliphatic carbocycles. The maximum absolute atomic E-state index is 13.1. The van der Waals surface area contributed by atoms with Gasteiger partial charge >= 0.3 is 5.97 Å². The van der Waals surface area contributed by atoms with Crippen molar-refractivity contribution in [1.82, 2.24) is 14.3 Å².